The third kappa shape index (κ3) is 1.81. The first-order valence-corrected chi connectivity index (χ1v) is 6.19. The van der Waals surface area contributed by atoms with E-state index in [0.29, 0.717) is 6.29 Å². The zero-order valence-corrected chi connectivity index (χ0v) is 8.98. The molecule has 1 rings (SSSR count). The van der Waals surface area contributed by atoms with E-state index in [-0.39, 0.29) is 9.77 Å². The lowest BCUT2D eigenvalue weighted by Gasteiger charge is -2.04. The highest BCUT2D eigenvalue weighted by atomic mass is 32.2. The van der Waals surface area contributed by atoms with Gasteiger partial charge in [-0.25, -0.2) is 8.42 Å². The molecule has 0 unspecified atom stereocenters. The van der Waals surface area contributed by atoms with Crippen molar-refractivity contribution in [2.24, 2.45) is 0 Å². The van der Waals surface area contributed by atoms with Crippen LogP contribution < -0.4 is 0 Å². The summed E-state index contributed by atoms with van der Waals surface area (Å²) in [5.41, 5.74) is 0.263. The fraction of sp³-hybridized carbons (Fsp3) is 0.375. The van der Waals surface area contributed by atoms with Gasteiger partial charge >= 0.3 is 0 Å². The van der Waals surface area contributed by atoms with Gasteiger partial charge in [0.2, 0.25) is 0 Å². The lowest BCUT2D eigenvalue weighted by atomic mass is 10.4. The van der Waals surface area contributed by atoms with Crippen LogP contribution in [0.15, 0.2) is 15.7 Å². The summed E-state index contributed by atoms with van der Waals surface area (Å²) in [7, 11) is -3.29. The average molecular weight is 218 g/mol. The maximum atomic E-state index is 11.6. The summed E-state index contributed by atoms with van der Waals surface area (Å²) in [6.45, 7) is 3.20. The third-order valence-electron chi connectivity index (χ3n) is 1.66. The number of hydrogen-bond acceptors (Lipinski definition) is 4. The highest BCUT2D eigenvalue weighted by Gasteiger charge is 2.23. The van der Waals surface area contributed by atoms with E-state index in [1.54, 1.807) is 19.2 Å². The number of rotatable bonds is 3. The molecular weight excluding hydrogens is 208 g/mol. The number of carbonyl (C=O) groups excluding carboxylic acids is 1. The van der Waals surface area contributed by atoms with Gasteiger partial charge in [-0.1, -0.05) is 0 Å². The standard InChI is InChI=1S/C8H10O3S2/c1-6(2)13(10,11)8-7(5-9)3-4-12-8/h3-6H,1-2H3. The number of hydrogen-bond donors (Lipinski definition) is 0. The first-order chi connectivity index (χ1) is 6.00. The predicted molar refractivity (Wildman–Crippen MR) is 52.0 cm³/mol. The van der Waals surface area contributed by atoms with Gasteiger partial charge in [-0.2, -0.15) is 0 Å². The Kier molecular flexibility index (Phi) is 2.87. The van der Waals surface area contributed by atoms with Crippen LogP contribution >= 0.6 is 11.3 Å². The molecule has 0 aliphatic rings. The first-order valence-electron chi connectivity index (χ1n) is 3.76. The minimum absolute atomic E-state index is 0.178. The van der Waals surface area contributed by atoms with E-state index in [9.17, 15) is 13.2 Å². The second-order valence-electron chi connectivity index (χ2n) is 2.88. The average Bonchev–Trinajstić information content (AvgIpc) is 2.51. The van der Waals surface area contributed by atoms with Crippen molar-refractivity contribution in [2.45, 2.75) is 23.3 Å². The lowest BCUT2D eigenvalue weighted by Crippen LogP contribution is -2.13. The van der Waals surface area contributed by atoms with Gasteiger partial charge in [-0.3, -0.25) is 4.79 Å². The molecule has 0 aliphatic heterocycles. The van der Waals surface area contributed by atoms with Crippen LogP contribution in [0.3, 0.4) is 0 Å². The molecule has 0 saturated heterocycles. The van der Waals surface area contributed by atoms with Crippen molar-refractivity contribution in [1.29, 1.82) is 0 Å². The molecule has 3 nitrogen and oxygen atoms in total. The molecule has 1 aromatic heterocycles. The molecule has 0 saturated carbocycles. The smallest absolute Gasteiger partial charge is 0.190 e. The molecule has 0 aliphatic carbocycles. The molecule has 0 amide bonds. The molecule has 0 bridgehead atoms. The fourth-order valence-corrected chi connectivity index (χ4v) is 3.58. The minimum atomic E-state index is -3.29. The van der Waals surface area contributed by atoms with Gasteiger partial charge in [0.05, 0.1) is 5.25 Å². The summed E-state index contributed by atoms with van der Waals surface area (Å²) in [6, 6.07) is 1.52. The van der Waals surface area contributed by atoms with E-state index < -0.39 is 15.1 Å². The summed E-state index contributed by atoms with van der Waals surface area (Å²) in [5.74, 6) is 0. The van der Waals surface area contributed by atoms with Crippen LogP contribution in [0.4, 0.5) is 0 Å². The summed E-state index contributed by atoms with van der Waals surface area (Å²) in [4.78, 5) is 10.5. The molecule has 5 heteroatoms. The van der Waals surface area contributed by atoms with E-state index in [0.717, 1.165) is 11.3 Å². The summed E-state index contributed by atoms with van der Waals surface area (Å²) < 4.78 is 23.4. The van der Waals surface area contributed by atoms with Crippen LogP contribution in [0, 0.1) is 0 Å². The Bertz CT molecular complexity index is 401. The monoisotopic (exact) mass is 218 g/mol. The highest BCUT2D eigenvalue weighted by molar-refractivity contribution is 7.94. The van der Waals surface area contributed by atoms with Gasteiger partial charge in [0.25, 0.3) is 0 Å². The lowest BCUT2D eigenvalue weighted by molar-refractivity contribution is 0.112. The van der Waals surface area contributed by atoms with Crippen LogP contribution in [0.25, 0.3) is 0 Å². The fourth-order valence-electron chi connectivity index (χ4n) is 0.838. The van der Waals surface area contributed by atoms with Gasteiger partial charge in [-0.15, -0.1) is 11.3 Å². The van der Waals surface area contributed by atoms with Crippen LogP contribution in [-0.2, 0) is 9.84 Å². The van der Waals surface area contributed by atoms with Crippen LogP contribution in [-0.4, -0.2) is 20.0 Å². The van der Waals surface area contributed by atoms with Gasteiger partial charge in [0, 0.05) is 5.56 Å². The molecule has 0 spiro atoms. The van der Waals surface area contributed by atoms with Gasteiger partial charge in [0.15, 0.2) is 16.1 Å². The Morgan fingerprint density at radius 1 is 1.46 bits per heavy atom. The van der Waals surface area contributed by atoms with E-state index >= 15 is 0 Å². The Balaban J connectivity index is 3.30. The van der Waals surface area contributed by atoms with Crippen molar-refractivity contribution in [3.63, 3.8) is 0 Å². The summed E-state index contributed by atoms with van der Waals surface area (Å²) in [6.07, 6.45) is 0.575. The van der Waals surface area contributed by atoms with Crippen LogP contribution in [0.2, 0.25) is 0 Å². The SMILES string of the molecule is CC(C)S(=O)(=O)c1sccc1C=O. The minimum Gasteiger partial charge on any atom is -0.298 e. The van der Waals surface area contributed by atoms with Crippen molar-refractivity contribution in [2.75, 3.05) is 0 Å². The molecule has 1 aromatic rings. The zero-order valence-electron chi connectivity index (χ0n) is 7.35. The topological polar surface area (TPSA) is 51.2 Å². The molecule has 0 fully saturated rings. The number of carbonyl (C=O) groups is 1. The van der Waals surface area contributed by atoms with Gasteiger partial charge in [0.1, 0.15) is 4.21 Å². The van der Waals surface area contributed by atoms with Crippen LogP contribution in [0.1, 0.15) is 24.2 Å². The van der Waals surface area contributed by atoms with Crippen molar-refractivity contribution in [1.82, 2.24) is 0 Å². The van der Waals surface area contributed by atoms with Crippen molar-refractivity contribution in [3.8, 4) is 0 Å². The zero-order chi connectivity index (χ0) is 10.1. The number of sulfone groups is 1. The van der Waals surface area contributed by atoms with Gasteiger partial charge < -0.3 is 0 Å². The molecule has 72 valence electrons. The second kappa shape index (κ2) is 3.59. The molecule has 0 atom stereocenters. The Hall–Kier alpha value is -0.680. The van der Waals surface area contributed by atoms with E-state index in [1.807, 2.05) is 0 Å². The van der Waals surface area contributed by atoms with Crippen LogP contribution in [0.5, 0.6) is 0 Å². The molecule has 13 heavy (non-hydrogen) atoms. The van der Waals surface area contributed by atoms with E-state index in [1.165, 1.54) is 6.07 Å². The Labute approximate surface area is 81.3 Å². The highest BCUT2D eigenvalue weighted by Crippen LogP contribution is 2.24. The number of aldehydes is 1. The first kappa shape index (κ1) is 10.4. The Morgan fingerprint density at radius 2 is 2.08 bits per heavy atom. The molecule has 0 aromatic carbocycles. The predicted octanol–water partition coefficient (Wildman–Crippen LogP) is 1.74. The molecule has 0 radical (unpaired) electrons. The third-order valence-corrected chi connectivity index (χ3v) is 5.37. The molecule has 0 N–H and O–H groups in total. The Morgan fingerprint density at radius 3 is 2.54 bits per heavy atom. The molecule has 1 heterocycles. The molecular formula is C8H10O3S2. The van der Waals surface area contributed by atoms with Gasteiger partial charge in [-0.05, 0) is 25.3 Å². The largest absolute Gasteiger partial charge is 0.298 e. The number of thiophene rings is 1. The second-order valence-corrected chi connectivity index (χ2v) is 6.49. The van der Waals surface area contributed by atoms with Crippen molar-refractivity contribution >= 4 is 27.5 Å². The maximum Gasteiger partial charge on any atom is 0.190 e. The van der Waals surface area contributed by atoms with E-state index in [2.05, 4.69) is 0 Å². The van der Waals surface area contributed by atoms with Crippen molar-refractivity contribution < 1.29 is 13.2 Å². The van der Waals surface area contributed by atoms with Crippen molar-refractivity contribution in [3.05, 3.63) is 17.0 Å². The van der Waals surface area contributed by atoms with E-state index in [4.69, 9.17) is 0 Å². The maximum absolute atomic E-state index is 11.6. The summed E-state index contributed by atoms with van der Waals surface area (Å²) in [5, 5.41) is 1.13. The summed E-state index contributed by atoms with van der Waals surface area (Å²) >= 11 is 1.09. The normalized spacial score (nSPS) is 11.9. The quantitative estimate of drug-likeness (QED) is 0.726.